The zero-order valence-corrected chi connectivity index (χ0v) is 21.6. The maximum absolute atomic E-state index is 13.8. The Morgan fingerprint density at radius 3 is 2.33 bits per heavy atom. The molecular weight excluding hydrogens is 533 g/mol. The highest BCUT2D eigenvalue weighted by atomic mass is 35.5. The van der Waals surface area contributed by atoms with Gasteiger partial charge in [-0.3, -0.25) is 4.79 Å². The van der Waals surface area contributed by atoms with Crippen molar-refractivity contribution in [2.45, 2.75) is 24.8 Å². The van der Waals surface area contributed by atoms with Crippen LogP contribution >= 0.6 is 11.6 Å². The molecule has 7 nitrogen and oxygen atoms in total. The van der Waals surface area contributed by atoms with Gasteiger partial charge in [-0.15, -0.1) is 0 Å². The number of hydrogen-bond acceptors (Lipinski definition) is 5. The minimum Gasteiger partial charge on any atom is -0.410 e. The van der Waals surface area contributed by atoms with E-state index in [-0.39, 0.29) is 35.1 Å². The van der Waals surface area contributed by atoms with E-state index < -0.39 is 29.6 Å². The number of amides is 2. The second-order valence-corrected chi connectivity index (χ2v) is 10.1. The molecule has 3 heterocycles. The Kier molecular flexibility index (Phi) is 7.92. The molecule has 3 aromatic rings. The summed E-state index contributed by atoms with van der Waals surface area (Å²) in [5, 5.41) is 2.76. The molecule has 0 unspecified atom stereocenters. The molecular formula is C28H26ClF3N4O3. The highest BCUT2D eigenvalue weighted by molar-refractivity contribution is 6.30. The number of hydrogen-bond donors (Lipinski definition) is 1. The van der Waals surface area contributed by atoms with Gasteiger partial charge in [0, 0.05) is 38.0 Å². The van der Waals surface area contributed by atoms with Crippen LogP contribution in [0, 0.1) is 23.4 Å². The molecule has 2 aliphatic heterocycles. The minimum atomic E-state index is -0.751. The highest BCUT2D eigenvalue weighted by Crippen LogP contribution is 2.33. The molecule has 2 atom stereocenters. The van der Waals surface area contributed by atoms with Gasteiger partial charge < -0.3 is 19.9 Å². The summed E-state index contributed by atoms with van der Waals surface area (Å²) in [6, 6.07) is 11.9. The summed E-state index contributed by atoms with van der Waals surface area (Å²) in [6.07, 6.45) is 1.63. The van der Waals surface area contributed by atoms with E-state index >= 15 is 0 Å². The van der Waals surface area contributed by atoms with Gasteiger partial charge in [-0.2, -0.15) is 0 Å². The fourth-order valence-corrected chi connectivity index (χ4v) is 5.36. The van der Waals surface area contributed by atoms with E-state index in [0.717, 1.165) is 0 Å². The summed E-state index contributed by atoms with van der Waals surface area (Å²) in [4.78, 5) is 34.0. The van der Waals surface area contributed by atoms with Gasteiger partial charge >= 0.3 is 6.09 Å². The number of carbonyl (C=O) groups excluding carboxylic acids is 2. The van der Waals surface area contributed by atoms with E-state index in [1.165, 1.54) is 48.7 Å². The van der Waals surface area contributed by atoms with Crippen LogP contribution in [0.2, 0.25) is 5.02 Å². The Bertz CT molecular complexity index is 1330. The number of pyridine rings is 1. The van der Waals surface area contributed by atoms with E-state index in [0.29, 0.717) is 43.9 Å². The Morgan fingerprint density at radius 1 is 0.949 bits per heavy atom. The first-order chi connectivity index (χ1) is 18.8. The monoisotopic (exact) mass is 558 g/mol. The smallest absolute Gasteiger partial charge is 0.410 e. The van der Waals surface area contributed by atoms with Gasteiger partial charge in [0.25, 0.3) is 0 Å². The lowest BCUT2D eigenvalue weighted by atomic mass is 9.94. The molecule has 1 N–H and O–H groups in total. The van der Waals surface area contributed by atoms with Crippen LogP contribution in [-0.4, -0.2) is 54.1 Å². The van der Waals surface area contributed by atoms with E-state index in [2.05, 4.69) is 10.3 Å². The summed E-state index contributed by atoms with van der Waals surface area (Å²) in [5.74, 6) is -1.19. The summed E-state index contributed by atoms with van der Waals surface area (Å²) in [7, 11) is 0. The van der Waals surface area contributed by atoms with E-state index in [1.807, 2.05) is 4.90 Å². The van der Waals surface area contributed by atoms with Crippen LogP contribution in [0.5, 0.6) is 5.75 Å². The normalized spacial score (nSPS) is 19.7. The molecule has 5 rings (SSSR count). The maximum Gasteiger partial charge on any atom is 0.412 e. The molecule has 2 fully saturated rings. The van der Waals surface area contributed by atoms with Gasteiger partial charge in [-0.1, -0.05) is 17.7 Å². The third-order valence-electron chi connectivity index (χ3n) is 7.21. The number of nitrogens with one attached hydrogen (secondary N) is 1. The number of ether oxygens (including phenoxy) is 1. The number of likely N-dealkylation sites (tertiary alicyclic amines) is 1. The lowest BCUT2D eigenvalue weighted by molar-refractivity contribution is -0.135. The molecule has 2 amide bonds. The Hall–Kier alpha value is -3.79. The molecule has 0 radical (unpaired) electrons. The molecule has 2 saturated heterocycles. The van der Waals surface area contributed by atoms with Crippen molar-refractivity contribution in [1.29, 1.82) is 0 Å². The van der Waals surface area contributed by atoms with Crippen LogP contribution in [-0.2, 0) is 4.79 Å². The van der Waals surface area contributed by atoms with Crippen molar-refractivity contribution in [2.24, 2.45) is 5.92 Å². The molecule has 0 saturated carbocycles. The SMILES string of the molecule is O=C(N[C@@H]1CN(C(=O)C2CCN(c3ccc(F)cn3)CC2)C[C@H]1c1ccc(F)c(Cl)c1)Oc1ccc(F)cc1. The zero-order chi connectivity index (χ0) is 27.5. The number of nitrogens with zero attached hydrogens (tertiary/aromatic N) is 3. The largest absolute Gasteiger partial charge is 0.412 e. The second kappa shape index (κ2) is 11.5. The van der Waals surface area contributed by atoms with Crippen molar-refractivity contribution in [3.8, 4) is 5.75 Å². The van der Waals surface area contributed by atoms with E-state index in [9.17, 15) is 22.8 Å². The van der Waals surface area contributed by atoms with Gasteiger partial charge in [0.05, 0.1) is 17.3 Å². The van der Waals surface area contributed by atoms with E-state index in [1.54, 1.807) is 17.0 Å². The molecule has 0 aliphatic carbocycles. The summed E-state index contributed by atoms with van der Waals surface area (Å²) in [6.45, 7) is 1.75. The van der Waals surface area contributed by atoms with Crippen molar-refractivity contribution >= 4 is 29.4 Å². The lowest BCUT2D eigenvalue weighted by Crippen LogP contribution is -2.44. The van der Waals surface area contributed by atoms with Crippen molar-refractivity contribution in [3.63, 3.8) is 0 Å². The van der Waals surface area contributed by atoms with Crippen LogP contribution in [0.4, 0.5) is 23.8 Å². The Balaban J connectivity index is 1.27. The fourth-order valence-electron chi connectivity index (χ4n) is 5.17. The predicted octanol–water partition coefficient (Wildman–Crippen LogP) is 5.15. The lowest BCUT2D eigenvalue weighted by Gasteiger charge is -2.33. The van der Waals surface area contributed by atoms with Crippen molar-refractivity contribution in [2.75, 3.05) is 31.1 Å². The van der Waals surface area contributed by atoms with Gasteiger partial charge in [0.15, 0.2) is 0 Å². The zero-order valence-electron chi connectivity index (χ0n) is 20.8. The maximum atomic E-state index is 13.8. The third-order valence-corrected chi connectivity index (χ3v) is 7.50. The Morgan fingerprint density at radius 2 is 1.67 bits per heavy atom. The van der Waals surface area contributed by atoms with Gasteiger partial charge in [0.2, 0.25) is 5.91 Å². The van der Waals surface area contributed by atoms with Crippen LogP contribution in [0.25, 0.3) is 0 Å². The van der Waals surface area contributed by atoms with Crippen molar-refractivity contribution in [3.05, 3.63) is 88.8 Å². The summed E-state index contributed by atoms with van der Waals surface area (Å²) in [5.41, 5.74) is 0.681. The summed E-state index contributed by atoms with van der Waals surface area (Å²) >= 11 is 6.03. The third kappa shape index (κ3) is 6.27. The minimum absolute atomic E-state index is 0.0314. The molecule has 204 valence electrons. The number of rotatable bonds is 5. The van der Waals surface area contributed by atoms with Gasteiger partial charge in [0.1, 0.15) is 29.0 Å². The molecule has 11 heteroatoms. The van der Waals surface area contributed by atoms with Crippen LogP contribution < -0.4 is 15.0 Å². The van der Waals surface area contributed by atoms with Crippen LogP contribution in [0.1, 0.15) is 24.3 Å². The molecule has 2 aliphatic rings. The van der Waals surface area contributed by atoms with E-state index in [4.69, 9.17) is 16.3 Å². The second-order valence-electron chi connectivity index (χ2n) is 9.71. The van der Waals surface area contributed by atoms with Crippen molar-refractivity contribution < 1.29 is 27.5 Å². The molecule has 39 heavy (non-hydrogen) atoms. The summed E-state index contributed by atoms with van der Waals surface area (Å²) < 4.78 is 45.6. The van der Waals surface area contributed by atoms with Crippen molar-refractivity contribution in [1.82, 2.24) is 15.2 Å². The number of benzene rings is 2. The number of halogens is 4. The van der Waals surface area contributed by atoms with Gasteiger partial charge in [-0.05, 0) is 66.9 Å². The van der Waals surface area contributed by atoms with Crippen LogP contribution in [0.15, 0.2) is 60.8 Å². The quantitative estimate of drug-likeness (QED) is 0.469. The molecule has 1 aromatic heterocycles. The number of aromatic nitrogens is 1. The first-order valence-electron chi connectivity index (χ1n) is 12.6. The number of carbonyl (C=O) groups is 2. The fraction of sp³-hybridized carbons (Fsp3) is 0.321. The first-order valence-corrected chi connectivity index (χ1v) is 13.0. The van der Waals surface area contributed by atoms with Gasteiger partial charge in [-0.25, -0.2) is 22.9 Å². The number of piperidine rings is 1. The molecule has 0 bridgehead atoms. The average molecular weight is 559 g/mol. The molecule has 0 spiro atoms. The molecule has 2 aromatic carbocycles. The number of anilines is 1. The standard InChI is InChI=1S/C28H26ClF3N4O3/c29-23-13-18(1-7-24(23)32)22-15-36(16-25(22)34-28(38)39-21-5-2-19(30)3-6-21)27(37)17-9-11-35(12-10-17)26-8-4-20(31)14-33-26/h1-8,13-14,17,22,25H,9-12,15-16H2,(H,34,38)/t22-,25+/m0/s1. The predicted molar refractivity (Wildman–Crippen MR) is 139 cm³/mol. The topological polar surface area (TPSA) is 74.8 Å². The Labute approximate surface area is 228 Å². The highest BCUT2D eigenvalue weighted by Gasteiger charge is 2.40. The average Bonchev–Trinajstić information content (AvgIpc) is 3.35. The van der Waals surface area contributed by atoms with Crippen LogP contribution in [0.3, 0.4) is 0 Å². The first kappa shape index (κ1) is 26.8.